The second kappa shape index (κ2) is 11.0. The van der Waals surface area contributed by atoms with E-state index in [9.17, 15) is 41.2 Å². The lowest BCUT2D eigenvalue weighted by atomic mass is 9.96. The fraction of sp³-hybridized carbons (Fsp3) is 0.375. The SMILES string of the molecule is N#C[C@@H](CNC(=O)[C@@H]1CCCCN1OC(=O)C(F)(F)F)c1ccc(-c2ccc(C(F)(F)F)cc2)cc1. The van der Waals surface area contributed by atoms with Crippen molar-refractivity contribution in [2.75, 3.05) is 13.1 Å². The zero-order chi connectivity index (χ0) is 26.5. The number of nitrogens with one attached hydrogen (secondary N) is 1. The highest BCUT2D eigenvalue weighted by molar-refractivity contribution is 5.82. The molecule has 1 amide bonds. The van der Waals surface area contributed by atoms with Crippen LogP contribution in [0.2, 0.25) is 0 Å². The minimum Gasteiger partial charge on any atom is -0.360 e. The highest BCUT2D eigenvalue weighted by atomic mass is 19.4. The summed E-state index contributed by atoms with van der Waals surface area (Å²) >= 11 is 0. The summed E-state index contributed by atoms with van der Waals surface area (Å²) in [7, 11) is 0. The lowest BCUT2D eigenvalue weighted by Gasteiger charge is -2.32. The van der Waals surface area contributed by atoms with Crippen molar-refractivity contribution in [3.8, 4) is 17.2 Å². The number of hydroxylamine groups is 2. The van der Waals surface area contributed by atoms with Crippen molar-refractivity contribution in [1.82, 2.24) is 10.4 Å². The Kier molecular flexibility index (Phi) is 8.24. The summed E-state index contributed by atoms with van der Waals surface area (Å²) in [6, 6.07) is 12.0. The first-order chi connectivity index (χ1) is 16.9. The van der Waals surface area contributed by atoms with Gasteiger partial charge in [-0.15, -0.1) is 5.06 Å². The summed E-state index contributed by atoms with van der Waals surface area (Å²) in [5.41, 5.74) is 0.921. The van der Waals surface area contributed by atoms with E-state index in [4.69, 9.17) is 0 Å². The Balaban J connectivity index is 1.63. The Morgan fingerprint density at radius 2 is 1.58 bits per heavy atom. The second-order valence-corrected chi connectivity index (χ2v) is 8.15. The third-order valence-electron chi connectivity index (χ3n) is 5.68. The number of hydrogen-bond donors (Lipinski definition) is 1. The van der Waals surface area contributed by atoms with Gasteiger partial charge in [0.1, 0.15) is 6.04 Å². The molecule has 0 aliphatic carbocycles. The maximum atomic E-state index is 12.7. The van der Waals surface area contributed by atoms with Crippen molar-refractivity contribution in [2.45, 2.75) is 43.6 Å². The molecule has 1 aliphatic rings. The van der Waals surface area contributed by atoms with Gasteiger partial charge < -0.3 is 10.2 Å². The monoisotopic (exact) mass is 513 g/mol. The summed E-state index contributed by atoms with van der Waals surface area (Å²) in [5, 5.41) is 12.8. The van der Waals surface area contributed by atoms with E-state index >= 15 is 0 Å². The molecule has 1 saturated heterocycles. The van der Waals surface area contributed by atoms with Crippen LogP contribution in [-0.4, -0.2) is 42.2 Å². The largest absolute Gasteiger partial charge is 0.492 e. The molecule has 2 aromatic carbocycles. The summed E-state index contributed by atoms with van der Waals surface area (Å²) in [6.07, 6.45) is -8.47. The summed E-state index contributed by atoms with van der Waals surface area (Å²) in [5.74, 6) is -3.89. The molecule has 1 N–H and O–H groups in total. The molecule has 1 aliphatic heterocycles. The van der Waals surface area contributed by atoms with Gasteiger partial charge in [0, 0.05) is 13.1 Å². The molecule has 2 atom stereocenters. The number of piperidine rings is 1. The van der Waals surface area contributed by atoms with Crippen molar-refractivity contribution in [3.63, 3.8) is 0 Å². The molecule has 36 heavy (non-hydrogen) atoms. The van der Waals surface area contributed by atoms with Crippen LogP contribution < -0.4 is 5.32 Å². The van der Waals surface area contributed by atoms with Crippen molar-refractivity contribution in [2.24, 2.45) is 0 Å². The molecule has 3 rings (SSSR count). The van der Waals surface area contributed by atoms with Gasteiger partial charge in [-0.2, -0.15) is 31.6 Å². The zero-order valence-electron chi connectivity index (χ0n) is 18.7. The Bertz CT molecular complexity index is 1110. The molecule has 6 nitrogen and oxygen atoms in total. The van der Waals surface area contributed by atoms with E-state index in [1.54, 1.807) is 24.3 Å². The van der Waals surface area contributed by atoms with Gasteiger partial charge in [-0.3, -0.25) is 4.79 Å². The van der Waals surface area contributed by atoms with E-state index in [1.807, 2.05) is 6.07 Å². The van der Waals surface area contributed by atoms with Crippen LogP contribution in [0.15, 0.2) is 48.5 Å². The second-order valence-electron chi connectivity index (χ2n) is 8.15. The third-order valence-corrected chi connectivity index (χ3v) is 5.68. The van der Waals surface area contributed by atoms with Gasteiger partial charge in [0.2, 0.25) is 5.91 Å². The van der Waals surface area contributed by atoms with Crippen LogP contribution in [0.25, 0.3) is 11.1 Å². The van der Waals surface area contributed by atoms with E-state index in [1.165, 1.54) is 12.1 Å². The van der Waals surface area contributed by atoms with Crippen molar-refractivity contribution >= 4 is 11.9 Å². The molecule has 0 bridgehead atoms. The molecule has 0 aromatic heterocycles. The predicted molar refractivity (Wildman–Crippen MR) is 115 cm³/mol. The first kappa shape index (κ1) is 27.0. The highest BCUT2D eigenvalue weighted by Crippen LogP contribution is 2.31. The van der Waals surface area contributed by atoms with Crippen molar-refractivity contribution in [3.05, 3.63) is 59.7 Å². The number of hydrogen-bond acceptors (Lipinski definition) is 5. The molecule has 0 unspecified atom stereocenters. The number of halogens is 6. The molecule has 1 fully saturated rings. The molecule has 0 radical (unpaired) electrons. The Morgan fingerprint density at radius 1 is 1.00 bits per heavy atom. The molecule has 1 heterocycles. The van der Waals surface area contributed by atoms with Gasteiger partial charge in [0.25, 0.3) is 0 Å². The van der Waals surface area contributed by atoms with E-state index in [-0.39, 0.29) is 19.5 Å². The minimum atomic E-state index is -5.20. The summed E-state index contributed by atoms with van der Waals surface area (Å²) in [6.45, 7) is -0.181. The van der Waals surface area contributed by atoms with Crippen molar-refractivity contribution in [1.29, 1.82) is 5.26 Å². The van der Waals surface area contributed by atoms with E-state index in [0.29, 0.717) is 29.5 Å². The van der Waals surface area contributed by atoms with Gasteiger partial charge in [0.05, 0.1) is 17.6 Å². The number of rotatable bonds is 6. The maximum absolute atomic E-state index is 12.7. The van der Waals surface area contributed by atoms with Gasteiger partial charge in [0.15, 0.2) is 0 Å². The van der Waals surface area contributed by atoms with Crippen LogP contribution in [0.5, 0.6) is 0 Å². The van der Waals surface area contributed by atoms with Gasteiger partial charge in [-0.05, 0) is 48.1 Å². The van der Waals surface area contributed by atoms with Crippen LogP contribution in [0, 0.1) is 11.3 Å². The topological polar surface area (TPSA) is 82.4 Å². The van der Waals surface area contributed by atoms with Gasteiger partial charge in [-0.25, -0.2) is 4.79 Å². The molecular formula is C24H21F6N3O3. The van der Waals surface area contributed by atoms with Gasteiger partial charge in [-0.1, -0.05) is 36.4 Å². The predicted octanol–water partition coefficient (Wildman–Crippen LogP) is 4.97. The lowest BCUT2D eigenvalue weighted by Crippen LogP contribution is -2.51. The normalized spacial score (nSPS) is 17.6. The number of nitrogens with zero attached hydrogens (tertiary/aromatic N) is 2. The van der Waals surface area contributed by atoms with Crippen LogP contribution in [-0.2, 0) is 20.6 Å². The first-order valence-corrected chi connectivity index (χ1v) is 10.9. The number of nitriles is 1. The maximum Gasteiger partial charge on any atom is 0.492 e. The third kappa shape index (κ3) is 6.75. The molecule has 192 valence electrons. The number of amides is 1. The first-order valence-electron chi connectivity index (χ1n) is 10.9. The molecule has 2 aromatic rings. The lowest BCUT2D eigenvalue weighted by molar-refractivity contribution is -0.248. The Hall–Kier alpha value is -3.59. The summed E-state index contributed by atoms with van der Waals surface area (Å²) in [4.78, 5) is 28.2. The van der Waals surface area contributed by atoms with Crippen LogP contribution >= 0.6 is 0 Å². The quantitative estimate of drug-likeness (QED) is 0.552. The smallest absolute Gasteiger partial charge is 0.360 e. The molecule has 0 spiro atoms. The van der Waals surface area contributed by atoms with E-state index < -0.39 is 41.8 Å². The summed E-state index contributed by atoms with van der Waals surface area (Å²) < 4.78 is 75.9. The molecule has 12 heteroatoms. The number of alkyl halides is 6. The van der Waals surface area contributed by atoms with Crippen LogP contribution in [0.4, 0.5) is 26.3 Å². The average molecular weight is 513 g/mol. The standard InChI is InChI=1S/C24H21F6N3O3/c25-23(26,27)19-10-8-16(9-11-19)15-4-6-17(7-5-15)18(13-31)14-32-21(34)20-3-1-2-12-33(20)36-22(35)24(28,29)30/h4-11,18,20H,1-3,12,14H2,(H,32,34)/t18-,20-/m0/s1. The minimum absolute atomic E-state index is 0.0347. The van der Waals surface area contributed by atoms with Crippen LogP contribution in [0.3, 0.4) is 0 Å². The Morgan fingerprint density at radius 3 is 2.11 bits per heavy atom. The fourth-order valence-corrected chi connectivity index (χ4v) is 3.75. The average Bonchev–Trinajstić information content (AvgIpc) is 2.84. The van der Waals surface area contributed by atoms with Gasteiger partial charge >= 0.3 is 18.3 Å². The highest BCUT2D eigenvalue weighted by Gasteiger charge is 2.44. The van der Waals surface area contributed by atoms with Crippen LogP contribution in [0.1, 0.15) is 36.3 Å². The zero-order valence-corrected chi connectivity index (χ0v) is 18.7. The number of carbonyl (C=O) groups is 2. The number of carbonyl (C=O) groups excluding carboxylic acids is 2. The number of benzene rings is 2. The molecular weight excluding hydrogens is 492 g/mol. The van der Waals surface area contributed by atoms with Crippen molar-refractivity contribution < 1.29 is 40.8 Å². The fourth-order valence-electron chi connectivity index (χ4n) is 3.75. The Labute approximate surface area is 202 Å². The van der Waals surface area contributed by atoms with E-state index in [2.05, 4.69) is 10.2 Å². The van der Waals surface area contributed by atoms with E-state index in [0.717, 1.165) is 17.2 Å². The molecule has 0 saturated carbocycles.